The van der Waals surface area contributed by atoms with Crippen molar-refractivity contribution in [1.82, 2.24) is 9.88 Å². The molecular formula is C29H34FN3O2S. The highest BCUT2D eigenvalue weighted by Crippen LogP contribution is 2.35. The van der Waals surface area contributed by atoms with E-state index in [9.17, 15) is 5.11 Å². The first kappa shape index (κ1) is 26.4. The summed E-state index contributed by atoms with van der Waals surface area (Å²) in [5.41, 5.74) is 2.13. The van der Waals surface area contributed by atoms with Crippen LogP contribution in [0.4, 0.5) is 4.39 Å². The van der Waals surface area contributed by atoms with Gasteiger partial charge in [-0.15, -0.1) is 11.8 Å². The van der Waals surface area contributed by atoms with E-state index in [1.165, 1.54) is 0 Å². The van der Waals surface area contributed by atoms with Crippen LogP contribution in [0.1, 0.15) is 43.0 Å². The number of nitriles is 1. The number of fused-ring (bicyclic) bond motifs is 1. The molecule has 0 unspecified atom stereocenters. The predicted octanol–water partition coefficient (Wildman–Crippen LogP) is 6.02. The van der Waals surface area contributed by atoms with Gasteiger partial charge in [-0.25, -0.2) is 4.39 Å². The second-order valence-corrected chi connectivity index (χ2v) is 10.6. The summed E-state index contributed by atoms with van der Waals surface area (Å²) in [5.74, 6) is 2.20. The maximum Gasteiger partial charge on any atom is 0.126 e. The molecule has 0 saturated carbocycles. The number of pyridine rings is 1. The highest BCUT2D eigenvalue weighted by atomic mass is 32.2. The zero-order valence-electron chi connectivity index (χ0n) is 20.8. The second kappa shape index (κ2) is 13.0. The number of aliphatic hydroxyl groups excluding tert-OH is 1. The number of aromatic nitrogens is 1. The van der Waals surface area contributed by atoms with E-state index in [0.717, 1.165) is 60.4 Å². The number of rotatable bonds is 11. The molecule has 1 aromatic heterocycles. The van der Waals surface area contributed by atoms with Crippen molar-refractivity contribution in [3.63, 3.8) is 0 Å². The van der Waals surface area contributed by atoms with Gasteiger partial charge in [-0.2, -0.15) is 5.26 Å². The van der Waals surface area contributed by atoms with Crippen LogP contribution in [0, 0.1) is 23.2 Å². The number of methoxy groups -OCH3 is 1. The summed E-state index contributed by atoms with van der Waals surface area (Å²) >= 11 is 1.78. The van der Waals surface area contributed by atoms with Crippen molar-refractivity contribution in [2.24, 2.45) is 11.8 Å². The molecule has 4 rings (SSSR count). The fraction of sp³-hybridized carbons (Fsp3) is 0.448. The summed E-state index contributed by atoms with van der Waals surface area (Å²) in [7, 11) is 1.61. The van der Waals surface area contributed by atoms with E-state index in [1.807, 2.05) is 42.5 Å². The van der Waals surface area contributed by atoms with Crippen LogP contribution in [0.15, 0.2) is 59.6 Å². The van der Waals surface area contributed by atoms with Crippen molar-refractivity contribution in [2.75, 3.05) is 39.1 Å². The number of hydrogen-bond acceptors (Lipinski definition) is 6. The monoisotopic (exact) mass is 507 g/mol. The molecule has 5 nitrogen and oxygen atoms in total. The molecule has 0 amide bonds. The number of alkyl halides is 1. The lowest BCUT2D eigenvalue weighted by molar-refractivity contribution is 0.0640. The standard InChI is InChI=1S/C29H34FN3O2S/c1-35-24-7-9-29-27(17-24)26(10-12-32-29)28(30)8-6-22-11-14-33(19-23(22)20-34)13-3-15-36-25-5-2-4-21(16-25)18-31/h2,4-5,7,9-10,12,16-17,22-23,28,34H,3,6,8,11,13-15,19-20H2,1H3/t22-,23-,28-/m1/s1. The lowest BCUT2D eigenvalue weighted by Crippen LogP contribution is -2.42. The smallest absolute Gasteiger partial charge is 0.126 e. The molecular weight excluding hydrogens is 473 g/mol. The Labute approximate surface area is 217 Å². The molecule has 1 aliphatic heterocycles. The van der Waals surface area contributed by atoms with Gasteiger partial charge in [0.25, 0.3) is 0 Å². The number of benzene rings is 2. The molecule has 1 aliphatic rings. The highest BCUT2D eigenvalue weighted by molar-refractivity contribution is 7.99. The van der Waals surface area contributed by atoms with Gasteiger partial charge in [0.1, 0.15) is 11.9 Å². The predicted molar refractivity (Wildman–Crippen MR) is 143 cm³/mol. The summed E-state index contributed by atoms with van der Waals surface area (Å²) in [6.45, 7) is 2.98. The number of aliphatic hydroxyl groups is 1. The lowest BCUT2D eigenvalue weighted by atomic mass is 9.81. The van der Waals surface area contributed by atoms with Gasteiger partial charge in [-0.1, -0.05) is 6.07 Å². The van der Waals surface area contributed by atoms with E-state index in [1.54, 1.807) is 31.1 Å². The van der Waals surface area contributed by atoms with Gasteiger partial charge in [0.05, 0.1) is 24.3 Å². The number of halogens is 1. The van der Waals surface area contributed by atoms with Gasteiger partial charge >= 0.3 is 0 Å². The third-order valence-electron chi connectivity index (χ3n) is 7.17. The van der Waals surface area contributed by atoms with Crippen LogP contribution in [0.25, 0.3) is 10.9 Å². The van der Waals surface area contributed by atoms with Gasteiger partial charge in [0.2, 0.25) is 0 Å². The summed E-state index contributed by atoms with van der Waals surface area (Å²) in [6.07, 6.45) is 3.84. The van der Waals surface area contributed by atoms with Gasteiger partial charge in [-0.05, 0) is 104 Å². The van der Waals surface area contributed by atoms with Crippen LogP contribution < -0.4 is 4.74 Å². The Kier molecular flexibility index (Phi) is 9.57. The normalized spacial score (nSPS) is 19.2. The molecule has 3 atom stereocenters. The molecule has 7 heteroatoms. The molecule has 0 spiro atoms. The molecule has 0 bridgehead atoms. The Bertz CT molecular complexity index is 1180. The Hall–Kier alpha value is -2.66. The van der Waals surface area contributed by atoms with Crippen molar-refractivity contribution >= 4 is 22.7 Å². The zero-order valence-corrected chi connectivity index (χ0v) is 21.6. The molecule has 3 aromatic rings. The molecule has 2 heterocycles. The number of hydrogen-bond donors (Lipinski definition) is 1. The van der Waals surface area contributed by atoms with Crippen LogP contribution >= 0.6 is 11.8 Å². The Morgan fingerprint density at radius 2 is 2.14 bits per heavy atom. The van der Waals surface area contributed by atoms with Crippen molar-refractivity contribution in [3.05, 3.63) is 65.9 Å². The van der Waals surface area contributed by atoms with E-state index in [-0.39, 0.29) is 12.5 Å². The van der Waals surface area contributed by atoms with Crippen LogP contribution in [0.5, 0.6) is 5.75 Å². The maximum atomic E-state index is 15.4. The van der Waals surface area contributed by atoms with Crippen LogP contribution in [0.2, 0.25) is 0 Å². The second-order valence-electron chi connectivity index (χ2n) is 9.46. The molecule has 1 saturated heterocycles. The quantitative estimate of drug-likeness (QED) is 0.253. The first-order valence-corrected chi connectivity index (χ1v) is 13.6. The zero-order chi connectivity index (χ0) is 25.3. The van der Waals surface area contributed by atoms with Crippen LogP contribution in [-0.4, -0.2) is 54.1 Å². The topological polar surface area (TPSA) is 69.4 Å². The Morgan fingerprint density at radius 1 is 1.25 bits per heavy atom. The van der Waals surface area contributed by atoms with Crippen molar-refractivity contribution in [1.29, 1.82) is 5.26 Å². The SMILES string of the molecule is COc1ccc2nccc([C@H](F)CC[C@@H]3CCN(CCCSc4cccc(C#N)c4)C[C@@H]3CO)c2c1. The third kappa shape index (κ3) is 6.76. The van der Waals surface area contributed by atoms with E-state index in [0.29, 0.717) is 29.2 Å². The van der Waals surface area contributed by atoms with Crippen LogP contribution in [0.3, 0.4) is 0 Å². The average Bonchev–Trinajstić information content (AvgIpc) is 2.93. The highest BCUT2D eigenvalue weighted by Gasteiger charge is 2.29. The average molecular weight is 508 g/mol. The summed E-state index contributed by atoms with van der Waals surface area (Å²) in [5, 5.41) is 19.9. The molecule has 1 N–H and O–H groups in total. The van der Waals surface area contributed by atoms with Gasteiger partial charge < -0.3 is 14.7 Å². The fourth-order valence-electron chi connectivity index (χ4n) is 5.14. The number of piperidine rings is 1. The molecule has 1 fully saturated rings. The van der Waals surface area contributed by atoms with E-state index in [4.69, 9.17) is 10.00 Å². The molecule has 36 heavy (non-hydrogen) atoms. The first-order chi connectivity index (χ1) is 17.6. The van der Waals surface area contributed by atoms with Crippen molar-refractivity contribution in [3.8, 4) is 11.8 Å². The van der Waals surface area contributed by atoms with Crippen molar-refractivity contribution < 1.29 is 14.2 Å². The number of likely N-dealkylation sites (tertiary alicyclic amines) is 1. The third-order valence-corrected chi connectivity index (χ3v) is 8.25. The largest absolute Gasteiger partial charge is 0.497 e. The molecule has 190 valence electrons. The number of nitrogens with zero attached hydrogens (tertiary/aromatic N) is 3. The summed E-state index contributed by atoms with van der Waals surface area (Å²) in [6, 6.07) is 17.3. The van der Waals surface area contributed by atoms with E-state index >= 15 is 4.39 Å². The number of thioether (sulfide) groups is 1. The van der Waals surface area contributed by atoms with Crippen molar-refractivity contribution in [2.45, 2.75) is 36.8 Å². The Balaban J connectivity index is 1.25. The van der Waals surface area contributed by atoms with Gasteiger partial charge in [0, 0.05) is 29.6 Å². The first-order valence-electron chi connectivity index (χ1n) is 12.6. The van der Waals surface area contributed by atoms with Gasteiger partial charge in [-0.3, -0.25) is 4.98 Å². The Morgan fingerprint density at radius 3 is 2.94 bits per heavy atom. The van der Waals surface area contributed by atoms with Crippen LogP contribution in [-0.2, 0) is 0 Å². The van der Waals surface area contributed by atoms with E-state index < -0.39 is 6.17 Å². The summed E-state index contributed by atoms with van der Waals surface area (Å²) < 4.78 is 20.7. The minimum atomic E-state index is -1.07. The molecule has 0 radical (unpaired) electrons. The molecule has 0 aliphatic carbocycles. The minimum Gasteiger partial charge on any atom is -0.497 e. The van der Waals surface area contributed by atoms with Gasteiger partial charge in [0.15, 0.2) is 0 Å². The summed E-state index contributed by atoms with van der Waals surface area (Å²) in [4.78, 5) is 7.92. The number of ether oxygens (including phenoxy) is 1. The molecule has 2 aromatic carbocycles. The van der Waals surface area contributed by atoms with E-state index in [2.05, 4.69) is 16.0 Å². The maximum absolute atomic E-state index is 15.4. The lowest BCUT2D eigenvalue weighted by Gasteiger charge is -2.38. The minimum absolute atomic E-state index is 0.142. The fourth-order valence-corrected chi connectivity index (χ4v) is 6.04.